The van der Waals surface area contributed by atoms with Crippen molar-refractivity contribution in [3.8, 4) is 0 Å². The van der Waals surface area contributed by atoms with Gasteiger partial charge in [-0.2, -0.15) is 0 Å². The first-order chi connectivity index (χ1) is 8.64. The quantitative estimate of drug-likeness (QED) is 0.843. The predicted molar refractivity (Wildman–Crippen MR) is 76.3 cm³/mol. The van der Waals surface area contributed by atoms with E-state index >= 15 is 0 Å². The molecule has 5 nitrogen and oxygen atoms in total. The van der Waals surface area contributed by atoms with Crippen LogP contribution < -0.4 is 5.73 Å². The van der Waals surface area contributed by atoms with Crippen LogP contribution in [0.25, 0.3) is 0 Å². The number of nitrogen functional groups attached to an aromatic ring is 1. The van der Waals surface area contributed by atoms with Gasteiger partial charge in [-0.25, -0.2) is 8.42 Å². The first kappa shape index (κ1) is 15.5. The Balaban J connectivity index is 2.94. The summed E-state index contributed by atoms with van der Waals surface area (Å²) in [7, 11) is -1.79. The molecular formula is C13H20N2O3S. The molecule has 2 N–H and O–H groups in total. The fourth-order valence-electron chi connectivity index (χ4n) is 1.70. The van der Waals surface area contributed by atoms with Gasteiger partial charge in [-0.3, -0.25) is 4.79 Å². The summed E-state index contributed by atoms with van der Waals surface area (Å²) >= 11 is 0. The Hall–Kier alpha value is -1.56. The Labute approximate surface area is 114 Å². The van der Waals surface area contributed by atoms with Crippen LogP contribution in [0.4, 0.5) is 5.69 Å². The maximum Gasteiger partial charge on any atom is 0.240 e. The molecule has 0 fully saturated rings. The number of sulfone groups is 1. The van der Waals surface area contributed by atoms with Crippen molar-refractivity contribution in [3.63, 3.8) is 0 Å². The fourth-order valence-corrected chi connectivity index (χ4v) is 2.24. The summed E-state index contributed by atoms with van der Waals surface area (Å²) in [5.74, 6) is -0.419. The second-order valence-electron chi connectivity index (χ2n) is 4.77. The first-order valence-corrected chi connectivity index (χ1v) is 7.91. The Morgan fingerprint density at radius 2 is 1.89 bits per heavy atom. The minimum absolute atomic E-state index is 0.236. The molecule has 1 rings (SSSR count). The molecule has 1 amide bonds. The van der Waals surface area contributed by atoms with Gasteiger partial charge in [-0.1, -0.05) is 12.1 Å². The van der Waals surface area contributed by atoms with Crippen LogP contribution in [0, 0.1) is 0 Å². The van der Waals surface area contributed by atoms with Crippen LogP contribution in [0.1, 0.15) is 25.5 Å². The van der Waals surface area contributed by atoms with E-state index in [-0.39, 0.29) is 6.04 Å². The number of hydrogen-bond donors (Lipinski definition) is 1. The standard InChI is InChI=1S/C13H20N2O3S/c1-9(11-6-5-7-12(14)8-11)15(3)13(16)10(2)19(4,17)18/h5-10H,14H2,1-4H3. The van der Waals surface area contributed by atoms with Gasteiger partial charge in [0, 0.05) is 19.0 Å². The molecule has 0 bridgehead atoms. The summed E-state index contributed by atoms with van der Waals surface area (Å²) < 4.78 is 22.8. The van der Waals surface area contributed by atoms with Gasteiger partial charge in [-0.05, 0) is 31.5 Å². The van der Waals surface area contributed by atoms with Crippen LogP contribution in [0.15, 0.2) is 24.3 Å². The van der Waals surface area contributed by atoms with Crippen molar-refractivity contribution < 1.29 is 13.2 Å². The van der Waals surface area contributed by atoms with Gasteiger partial charge in [0.15, 0.2) is 9.84 Å². The van der Waals surface area contributed by atoms with Gasteiger partial charge in [0.25, 0.3) is 0 Å². The number of hydrogen-bond acceptors (Lipinski definition) is 4. The summed E-state index contributed by atoms with van der Waals surface area (Å²) in [6, 6.07) is 6.96. The van der Waals surface area contributed by atoms with Gasteiger partial charge in [0.1, 0.15) is 5.25 Å². The lowest BCUT2D eigenvalue weighted by molar-refractivity contribution is -0.131. The zero-order valence-electron chi connectivity index (χ0n) is 11.6. The number of carbonyl (C=O) groups is 1. The Bertz CT molecular complexity index is 569. The fraction of sp³-hybridized carbons (Fsp3) is 0.462. The van der Waals surface area contributed by atoms with Crippen molar-refractivity contribution >= 4 is 21.4 Å². The molecule has 0 aliphatic carbocycles. The number of rotatable bonds is 4. The third kappa shape index (κ3) is 3.70. The molecule has 0 radical (unpaired) electrons. The highest BCUT2D eigenvalue weighted by atomic mass is 32.2. The van der Waals surface area contributed by atoms with Crippen LogP contribution in [-0.4, -0.2) is 37.8 Å². The molecule has 1 aromatic carbocycles. The molecular weight excluding hydrogens is 264 g/mol. The van der Waals surface area contributed by atoms with E-state index in [1.165, 1.54) is 11.8 Å². The molecule has 0 heterocycles. The highest BCUT2D eigenvalue weighted by Gasteiger charge is 2.29. The van der Waals surface area contributed by atoms with Crippen LogP contribution in [-0.2, 0) is 14.6 Å². The number of nitrogens with zero attached hydrogens (tertiary/aromatic N) is 1. The molecule has 19 heavy (non-hydrogen) atoms. The summed E-state index contributed by atoms with van der Waals surface area (Å²) in [6.07, 6.45) is 1.06. The predicted octanol–water partition coefficient (Wildman–Crippen LogP) is 1.22. The molecule has 0 spiro atoms. The molecule has 1 aromatic rings. The maximum atomic E-state index is 12.1. The second kappa shape index (κ2) is 5.61. The van der Waals surface area contributed by atoms with Crippen LogP contribution in [0.2, 0.25) is 0 Å². The topological polar surface area (TPSA) is 80.5 Å². The molecule has 0 aliphatic rings. The molecule has 0 saturated heterocycles. The Morgan fingerprint density at radius 3 is 2.37 bits per heavy atom. The number of nitrogens with two attached hydrogens (primary N) is 1. The summed E-state index contributed by atoms with van der Waals surface area (Å²) in [5.41, 5.74) is 7.19. The number of benzene rings is 1. The molecule has 2 unspecified atom stereocenters. The average molecular weight is 284 g/mol. The lowest BCUT2D eigenvalue weighted by atomic mass is 10.1. The molecule has 2 atom stereocenters. The number of carbonyl (C=O) groups excluding carboxylic acids is 1. The number of amides is 1. The van der Waals surface area contributed by atoms with Crippen LogP contribution >= 0.6 is 0 Å². The third-order valence-electron chi connectivity index (χ3n) is 3.31. The molecule has 0 aliphatic heterocycles. The zero-order chi connectivity index (χ0) is 14.8. The molecule has 0 saturated carbocycles. The number of anilines is 1. The van der Waals surface area contributed by atoms with Crippen molar-refractivity contribution in [1.29, 1.82) is 0 Å². The van der Waals surface area contributed by atoms with E-state index in [1.54, 1.807) is 25.2 Å². The summed E-state index contributed by atoms with van der Waals surface area (Å²) in [5, 5.41) is -1.04. The minimum Gasteiger partial charge on any atom is -0.399 e. The van der Waals surface area contributed by atoms with E-state index < -0.39 is 21.0 Å². The van der Waals surface area contributed by atoms with E-state index in [0.717, 1.165) is 11.8 Å². The van der Waals surface area contributed by atoms with Crippen LogP contribution in [0.3, 0.4) is 0 Å². The lowest BCUT2D eigenvalue weighted by Crippen LogP contribution is -2.40. The smallest absolute Gasteiger partial charge is 0.240 e. The van der Waals surface area contributed by atoms with Crippen molar-refractivity contribution in [1.82, 2.24) is 4.90 Å². The van der Waals surface area contributed by atoms with Gasteiger partial charge in [-0.15, -0.1) is 0 Å². The van der Waals surface area contributed by atoms with E-state index in [2.05, 4.69) is 0 Å². The van der Waals surface area contributed by atoms with Crippen LogP contribution in [0.5, 0.6) is 0 Å². The third-order valence-corrected chi connectivity index (χ3v) is 4.80. The Morgan fingerprint density at radius 1 is 1.32 bits per heavy atom. The summed E-state index contributed by atoms with van der Waals surface area (Å²) in [4.78, 5) is 13.5. The van der Waals surface area contributed by atoms with E-state index in [9.17, 15) is 13.2 Å². The van der Waals surface area contributed by atoms with Gasteiger partial charge < -0.3 is 10.6 Å². The van der Waals surface area contributed by atoms with Gasteiger partial charge in [0.05, 0.1) is 6.04 Å². The molecule has 6 heteroatoms. The summed E-state index contributed by atoms with van der Waals surface area (Å²) in [6.45, 7) is 3.24. The molecule has 106 valence electrons. The van der Waals surface area contributed by atoms with Crippen molar-refractivity contribution in [2.45, 2.75) is 25.1 Å². The lowest BCUT2D eigenvalue weighted by Gasteiger charge is -2.27. The van der Waals surface area contributed by atoms with Gasteiger partial charge >= 0.3 is 0 Å². The van der Waals surface area contributed by atoms with E-state index in [1.807, 2.05) is 13.0 Å². The minimum atomic E-state index is -3.39. The monoisotopic (exact) mass is 284 g/mol. The highest BCUT2D eigenvalue weighted by molar-refractivity contribution is 7.92. The first-order valence-electron chi connectivity index (χ1n) is 5.95. The maximum absolute atomic E-state index is 12.1. The average Bonchev–Trinajstić information content (AvgIpc) is 2.34. The Kier molecular flexibility index (Phi) is 4.57. The zero-order valence-corrected chi connectivity index (χ0v) is 12.4. The highest BCUT2D eigenvalue weighted by Crippen LogP contribution is 2.22. The van der Waals surface area contributed by atoms with E-state index in [4.69, 9.17) is 5.73 Å². The SMILES string of the molecule is CC(c1cccc(N)c1)N(C)C(=O)C(C)S(C)(=O)=O. The van der Waals surface area contributed by atoms with Crippen molar-refractivity contribution in [2.24, 2.45) is 0 Å². The largest absolute Gasteiger partial charge is 0.399 e. The molecule has 0 aromatic heterocycles. The van der Waals surface area contributed by atoms with Crippen molar-refractivity contribution in [2.75, 3.05) is 19.0 Å². The van der Waals surface area contributed by atoms with Gasteiger partial charge in [0.2, 0.25) is 5.91 Å². The second-order valence-corrected chi connectivity index (χ2v) is 7.13. The van der Waals surface area contributed by atoms with Crippen molar-refractivity contribution in [3.05, 3.63) is 29.8 Å². The normalized spacial score (nSPS) is 14.7. The van der Waals surface area contributed by atoms with E-state index in [0.29, 0.717) is 5.69 Å².